The average molecular weight is 469 g/mol. The second-order valence-electron chi connectivity index (χ2n) is 8.07. The number of benzene rings is 1. The first-order valence-corrected chi connectivity index (χ1v) is 11.0. The first kappa shape index (κ1) is 22.8. The molecule has 2 aromatic heterocycles. The molecule has 0 bridgehead atoms. The smallest absolute Gasteiger partial charge is 0.338 e. The van der Waals surface area contributed by atoms with Gasteiger partial charge in [0.15, 0.2) is 5.82 Å². The summed E-state index contributed by atoms with van der Waals surface area (Å²) < 4.78 is 12.3. The lowest BCUT2D eigenvalue weighted by molar-refractivity contribution is 0.0429. The van der Waals surface area contributed by atoms with Crippen molar-refractivity contribution in [2.24, 2.45) is 5.92 Å². The molecule has 0 radical (unpaired) electrons. The molecule has 1 aromatic carbocycles. The average Bonchev–Trinajstić information content (AvgIpc) is 3.64. The van der Waals surface area contributed by atoms with E-state index in [1.54, 1.807) is 31.4 Å². The van der Waals surface area contributed by atoms with Gasteiger partial charge in [-0.25, -0.2) is 14.8 Å². The summed E-state index contributed by atoms with van der Waals surface area (Å²) in [5.41, 5.74) is 2.22. The number of nitrogens with one attached hydrogen (secondary N) is 1. The van der Waals surface area contributed by atoms with Crippen molar-refractivity contribution < 1.29 is 14.3 Å². The van der Waals surface area contributed by atoms with Crippen molar-refractivity contribution in [2.75, 3.05) is 19.0 Å². The monoisotopic (exact) mass is 468 g/mol. The molecule has 1 saturated carbocycles. The van der Waals surface area contributed by atoms with Crippen LogP contribution in [0.1, 0.15) is 40.5 Å². The fraction of sp³-hybridized carbons (Fsp3) is 0.333. The molecule has 9 heteroatoms. The van der Waals surface area contributed by atoms with Gasteiger partial charge in [0, 0.05) is 11.8 Å². The van der Waals surface area contributed by atoms with Crippen LogP contribution in [0, 0.1) is 19.8 Å². The van der Waals surface area contributed by atoms with Gasteiger partial charge < -0.3 is 19.4 Å². The fourth-order valence-corrected chi connectivity index (χ4v) is 3.88. The van der Waals surface area contributed by atoms with Gasteiger partial charge in [0.2, 0.25) is 5.88 Å². The van der Waals surface area contributed by atoms with Crippen molar-refractivity contribution in [1.82, 2.24) is 14.5 Å². The van der Waals surface area contributed by atoms with Crippen molar-refractivity contribution >= 4 is 29.1 Å². The standard InChI is InChI=1S/C24H25ClN4O4/c1-14-11-18(15(2)26-22(14)32-3)27-21-23(30)29(12-20(25)28-21)19(16-9-10-16)13-33-24(31)17-7-5-4-6-8-17/h4-8,11-12,16,19H,9-10,13H2,1-3H3,(H,27,28)/t19-/m1/s1. The van der Waals surface area contributed by atoms with Gasteiger partial charge in [-0.1, -0.05) is 29.8 Å². The number of carbonyl (C=O) groups is 1. The molecular weight excluding hydrogens is 444 g/mol. The van der Waals surface area contributed by atoms with Crippen LogP contribution in [0.4, 0.5) is 11.5 Å². The number of ether oxygens (including phenoxy) is 2. The van der Waals surface area contributed by atoms with E-state index in [-0.39, 0.29) is 35.1 Å². The van der Waals surface area contributed by atoms with Crippen LogP contribution >= 0.6 is 11.6 Å². The maximum absolute atomic E-state index is 13.3. The van der Waals surface area contributed by atoms with Crippen molar-refractivity contribution in [1.29, 1.82) is 0 Å². The Labute approximate surface area is 196 Å². The highest BCUT2D eigenvalue weighted by atomic mass is 35.5. The number of anilines is 2. The predicted molar refractivity (Wildman–Crippen MR) is 126 cm³/mol. The van der Waals surface area contributed by atoms with E-state index in [1.165, 1.54) is 10.8 Å². The highest BCUT2D eigenvalue weighted by molar-refractivity contribution is 6.29. The second-order valence-corrected chi connectivity index (χ2v) is 8.45. The third-order valence-corrected chi connectivity index (χ3v) is 5.81. The summed E-state index contributed by atoms with van der Waals surface area (Å²) in [5, 5.41) is 3.22. The Morgan fingerprint density at radius 2 is 1.97 bits per heavy atom. The molecule has 0 unspecified atom stereocenters. The lowest BCUT2D eigenvalue weighted by Crippen LogP contribution is -2.31. The molecule has 3 aromatic rings. The zero-order chi connectivity index (χ0) is 23.5. The van der Waals surface area contributed by atoms with Crippen molar-refractivity contribution in [3.05, 3.63) is 74.9 Å². The number of esters is 1. The number of hydrogen-bond acceptors (Lipinski definition) is 7. The second kappa shape index (κ2) is 9.62. The molecule has 2 heterocycles. The third-order valence-electron chi connectivity index (χ3n) is 5.62. The van der Waals surface area contributed by atoms with Crippen molar-refractivity contribution in [3.63, 3.8) is 0 Å². The molecule has 1 atom stereocenters. The molecule has 172 valence electrons. The van der Waals surface area contributed by atoms with Crippen LogP contribution < -0.4 is 15.6 Å². The lowest BCUT2D eigenvalue weighted by atomic mass is 10.2. The number of aromatic nitrogens is 3. The van der Waals surface area contributed by atoms with E-state index < -0.39 is 5.97 Å². The number of hydrogen-bond donors (Lipinski definition) is 1. The number of aryl methyl sites for hydroxylation is 2. The fourth-order valence-electron chi connectivity index (χ4n) is 3.69. The molecule has 4 rings (SSSR count). The molecule has 1 aliphatic rings. The Hall–Kier alpha value is -3.39. The Balaban J connectivity index is 1.60. The van der Waals surface area contributed by atoms with E-state index in [4.69, 9.17) is 21.1 Å². The van der Waals surface area contributed by atoms with Gasteiger partial charge in [-0.2, -0.15) is 0 Å². The van der Waals surface area contributed by atoms with Crippen LogP contribution in [0.5, 0.6) is 5.88 Å². The molecule has 0 saturated heterocycles. The predicted octanol–water partition coefficient (Wildman–Crippen LogP) is 4.47. The van der Waals surface area contributed by atoms with E-state index in [0.717, 1.165) is 18.4 Å². The third kappa shape index (κ3) is 5.17. The normalized spacial score (nSPS) is 13.9. The van der Waals surface area contributed by atoms with E-state index in [9.17, 15) is 9.59 Å². The van der Waals surface area contributed by atoms with Crippen LogP contribution in [0.15, 0.2) is 47.4 Å². The summed E-state index contributed by atoms with van der Waals surface area (Å²) in [5.74, 6) is 0.396. The topological polar surface area (TPSA) is 95.3 Å². The van der Waals surface area contributed by atoms with E-state index in [0.29, 0.717) is 22.8 Å². The minimum absolute atomic E-state index is 0.0698. The largest absolute Gasteiger partial charge is 0.481 e. The Kier molecular flexibility index (Phi) is 6.65. The number of carbonyl (C=O) groups excluding carboxylic acids is 1. The summed E-state index contributed by atoms with van der Waals surface area (Å²) in [4.78, 5) is 34.4. The summed E-state index contributed by atoms with van der Waals surface area (Å²) in [6, 6.07) is 10.3. The number of nitrogens with zero attached hydrogens (tertiary/aromatic N) is 3. The van der Waals surface area contributed by atoms with E-state index in [1.807, 2.05) is 26.0 Å². The minimum atomic E-state index is -0.428. The SMILES string of the molecule is COc1nc(C)c(Nc2nc(Cl)cn([C@H](COC(=O)c3ccccc3)C3CC3)c2=O)cc1C. The highest BCUT2D eigenvalue weighted by Gasteiger charge is 2.35. The molecule has 33 heavy (non-hydrogen) atoms. The lowest BCUT2D eigenvalue weighted by Gasteiger charge is -2.21. The van der Waals surface area contributed by atoms with Crippen LogP contribution in [0.2, 0.25) is 5.15 Å². The maximum Gasteiger partial charge on any atom is 0.338 e. The molecule has 1 N–H and O–H groups in total. The van der Waals surface area contributed by atoms with Gasteiger partial charge in [0.1, 0.15) is 11.8 Å². The van der Waals surface area contributed by atoms with E-state index in [2.05, 4.69) is 15.3 Å². The molecule has 0 spiro atoms. The Bertz CT molecular complexity index is 1230. The Morgan fingerprint density at radius 1 is 1.24 bits per heavy atom. The zero-order valence-corrected chi connectivity index (χ0v) is 19.4. The molecule has 0 amide bonds. The van der Waals surface area contributed by atoms with Crippen molar-refractivity contribution in [2.45, 2.75) is 32.7 Å². The van der Waals surface area contributed by atoms with Crippen LogP contribution in [-0.4, -0.2) is 34.2 Å². The van der Waals surface area contributed by atoms with Crippen LogP contribution in [-0.2, 0) is 4.74 Å². The molecule has 1 fully saturated rings. The molecule has 0 aliphatic heterocycles. The molecular formula is C24H25ClN4O4. The van der Waals surface area contributed by atoms with Gasteiger partial charge in [0.25, 0.3) is 5.56 Å². The quantitative estimate of drug-likeness (QED) is 0.487. The van der Waals surface area contributed by atoms with Gasteiger partial charge in [0.05, 0.1) is 30.1 Å². The van der Waals surface area contributed by atoms with Gasteiger partial charge >= 0.3 is 5.97 Å². The first-order chi connectivity index (χ1) is 15.9. The van der Waals surface area contributed by atoms with E-state index >= 15 is 0 Å². The van der Waals surface area contributed by atoms with Crippen LogP contribution in [0.25, 0.3) is 0 Å². The summed E-state index contributed by atoms with van der Waals surface area (Å²) >= 11 is 6.28. The number of halogens is 1. The number of pyridine rings is 1. The summed E-state index contributed by atoms with van der Waals surface area (Å²) in [6.07, 6.45) is 3.39. The number of rotatable bonds is 8. The van der Waals surface area contributed by atoms with Gasteiger partial charge in [-0.3, -0.25) is 4.79 Å². The Morgan fingerprint density at radius 3 is 2.64 bits per heavy atom. The summed E-state index contributed by atoms with van der Waals surface area (Å²) in [7, 11) is 1.56. The van der Waals surface area contributed by atoms with Crippen molar-refractivity contribution in [3.8, 4) is 5.88 Å². The highest BCUT2D eigenvalue weighted by Crippen LogP contribution is 2.40. The van der Waals surface area contributed by atoms with Gasteiger partial charge in [-0.05, 0) is 50.8 Å². The zero-order valence-electron chi connectivity index (χ0n) is 18.7. The maximum atomic E-state index is 13.3. The van der Waals surface area contributed by atoms with Gasteiger partial charge in [-0.15, -0.1) is 0 Å². The number of methoxy groups -OCH3 is 1. The summed E-state index contributed by atoms with van der Waals surface area (Å²) in [6.45, 7) is 3.74. The van der Waals surface area contributed by atoms with Crippen LogP contribution in [0.3, 0.4) is 0 Å². The first-order valence-electron chi connectivity index (χ1n) is 10.7. The molecule has 1 aliphatic carbocycles. The minimum Gasteiger partial charge on any atom is -0.481 e. The molecule has 8 nitrogen and oxygen atoms in total.